The van der Waals surface area contributed by atoms with Gasteiger partial charge in [-0.1, -0.05) is 0 Å². The standard InChI is InChI=1S/C26H28F3N7O/c1-16-11-35(22-5-4-17(9-30)24-20(22)3-2-7-32-24)15-19(37-16)14-34-12-18(13-34)36-23-10-31-8-6-21(23)25(33-36)26(27,28)29/h2-5,7,16,18-19,31H,6,8,10-15H2,1H3. The lowest BCUT2D eigenvalue weighted by atomic mass is 10.0. The summed E-state index contributed by atoms with van der Waals surface area (Å²) >= 11 is 0. The van der Waals surface area contributed by atoms with E-state index in [9.17, 15) is 18.4 Å². The molecular weight excluding hydrogens is 483 g/mol. The van der Waals surface area contributed by atoms with Crippen LogP contribution in [0.1, 0.15) is 35.5 Å². The number of nitriles is 1. The van der Waals surface area contributed by atoms with Crippen molar-refractivity contribution in [3.63, 3.8) is 0 Å². The van der Waals surface area contributed by atoms with Crippen LogP contribution in [0.15, 0.2) is 30.5 Å². The molecule has 3 aliphatic heterocycles. The summed E-state index contributed by atoms with van der Waals surface area (Å²) in [5.41, 5.74) is 2.55. The fourth-order valence-corrected chi connectivity index (χ4v) is 5.90. The van der Waals surface area contributed by atoms with E-state index in [2.05, 4.69) is 31.3 Å². The van der Waals surface area contributed by atoms with Gasteiger partial charge in [0.15, 0.2) is 5.69 Å². The summed E-state index contributed by atoms with van der Waals surface area (Å²) < 4.78 is 48.6. The van der Waals surface area contributed by atoms with E-state index < -0.39 is 11.9 Å². The van der Waals surface area contributed by atoms with E-state index in [1.165, 1.54) is 0 Å². The number of benzene rings is 1. The third-order valence-electron chi connectivity index (χ3n) is 7.51. The van der Waals surface area contributed by atoms with Crippen LogP contribution in [0, 0.1) is 11.3 Å². The first-order valence-electron chi connectivity index (χ1n) is 12.6. The topological polar surface area (TPSA) is 82.2 Å². The number of likely N-dealkylation sites (tertiary alicyclic amines) is 1. The number of rotatable bonds is 4. The zero-order valence-corrected chi connectivity index (χ0v) is 20.5. The number of pyridine rings is 1. The number of anilines is 1. The molecule has 0 bridgehead atoms. The first-order valence-corrected chi connectivity index (χ1v) is 12.6. The molecule has 6 rings (SSSR count). The van der Waals surface area contributed by atoms with Crippen LogP contribution < -0.4 is 10.2 Å². The van der Waals surface area contributed by atoms with Gasteiger partial charge >= 0.3 is 6.18 Å². The van der Waals surface area contributed by atoms with Crippen LogP contribution in [0.5, 0.6) is 0 Å². The Morgan fingerprint density at radius 3 is 2.81 bits per heavy atom. The normalized spacial score (nSPS) is 23.1. The Morgan fingerprint density at radius 1 is 1.19 bits per heavy atom. The van der Waals surface area contributed by atoms with Gasteiger partial charge in [0.1, 0.15) is 6.07 Å². The van der Waals surface area contributed by atoms with E-state index in [4.69, 9.17) is 4.74 Å². The first-order chi connectivity index (χ1) is 17.8. The number of nitrogens with one attached hydrogen (secondary N) is 1. The van der Waals surface area contributed by atoms with Gasteiger partial charge < -0.3 is 15.0 Å². The van der Waals surface area contributed by atoms with E-state index in [0.717, 1.165) is 17.6 Å². The Bertz CT molecular complexity index is 1360. The van der Waals surface area contributed by atoms with Crippen molar-refractivity contribution in [3.8, 4) is 6.07 Å². The number of ether oxygens (including phenoxy) is 1. The smallest absolute Gasteiger partial charge is 0.370 e. The molecule has 37 heavy (non-hydrogen) atoms. The third kappa shape index (κ3) is 4.43. The largest absolute Gasteiger partial charge is 0.435 e. The van der Waals surface area contributed by atoms with E-state index in [1.54, 1.807) is 10.9 Å². The predicted molar refractivity (Wildman–Crippen MR) is 131 cm³/mol. The van der Waals surface area contributed by atoms with Crippen LogP contribution in [0.2, 0.25) is 0 Å². The summed E-state index contributed by atoms with van der Waals surface area (Å²) in [6.45, 7) is 6.38. The van der Waals surface area contributed by atoms with Gasteiger partial charge in [-0.25, -0.2) is 0 Å². The fraction of sp³-hybridized carbons (Fsp3) is 0.500. The quantitative estimate of drug-likeness (QED) is 0.577. The van der Waals surface area contributed by atoms with Crippen LogP contribution in [-0.4, -0.2) is 71.1 Å². The van der Waals surface area contributed by atoms with Crippen molar-refractivity contribution < 1.29 is 17.9 Å². The van der Waals surface area contributed by atoms with Crippen molar-refractivity contribution in [1.82, 2.24) is 25.0 Å². The predicted octanol–water partition coefficient (Wildman–Crippen LogP) is 3.12. The number of hydrogen-bond acceptors (Lipinski definition) is 7. The van der Waals surface area contributed by atoms with Crippen molar-refractivity contribution in [1.29, 1.82) is 5.26 Å². The molecule has 3 aliphatic rings. The Labute approximate surface area is 212 Å². The summed E-state index contributed by atoms with van der Waals surface area (Å²) in [5, 5.41) is 17.6. The van der Waals surface area contributed by atoms with E-state index in [1.807, 2.05) is 31.2 Å². The molecule has 0 saturated carbocycles. The van der Waals surface area contributed by atoms with Crippen molar-refractivity contribution in [2.45, 2.75) is 44.3 Å². The molecule has 2 unspecified atom stereocenters. The Kier molecular flexibility index (Phi) is 6.06. The zero-order valence-electron chi connectivity index (χ0n) is 20.5. The molecule has 11 heteroatoms. The molecule has 2 aromatic heterocycles. The molecule has 2 saturated heterocycles. The van der Waals surface area contributed by atoms with E-state index >= 15 is 0 Å². The molecule has 2 fully saturated rings. The molecule has 1 N–H and O–H groups in total. The summed E-state index contributed by atoms with van der Waals surface area (Å²) in [6, 6.07) is 9.80. The Hall–Kier alpha value is -3.20. The number of aromatic nitrogens is 3. The maximum atomic E-state index is 13.6. The highest BCUT2D eigenvalue weighted by Crippen LogP contribution is 2.36. The first kappa shape index (κ1) is 24.2. The molecule has 3 aromatic rings. The highest BCUT2D eigenvalue weighted by molar-refractivity contribution is 5.95. The number of alkyl halides is 3. The maximum Gasteiger partial charge on any atom is 0.435 e. The number of morpholine rings is 1. The number of halogens is 3. The summed E-state index contributed by atoms with van der Waals surface area (Å²) in [4.78, 5) is 8.94. The minimum Gasteiger partial charge on any atom is -0.370 e. The van der Waals surface area contributed by atoms with Crippen molar-refractivity contribution >= 4 is 16.6 Å². The van der Waals surface area contributed by atoms with Gasteiger partial charge in [0.05, 0.1) is 35.0 Å². The summed E-state index contributed by atoms with van der Waals surface area (Å²) in [6.07, 6.45) is -2.43. The molecule has 0 spiro atoms. The van der Waals surface area contributed by atoms with Crippen LogP contribution in [-0.2, 0) is 23.9 Å². The van der Waals surface area contributed by atoms with Gasteiger partial charge in [-0.2, -0.15) is 23.5 Å². The Balaban J connectivity index is 1.15. The second-order valence-corrected chi connectivity index (χ2v) is 10.1. The molecule has 0 aliphatic carbocycles. The van der Waals surface area contributed by atoms with Crippen LogP contribution >= 0.6 is 0 Å². The minimum absolute atomic E-state index is 0.0109. The maximum absolute atomic E-state index is 13.6. The average molecular weight is 512 g/mol. The fourth-order valence-electron chi connectivity index (χ4n) is 5.90. The van der Waals surface area contributed by atoms with Gasteiger partial charge in [0, 0.05) is 62.1 Å². The minimum atomic E-state index is -4.43. The van der Waals surface area contributed by atoms with E-state index in [0.29, 0.717) is 68.0 Å². The molecule has 5 heterocycles. The van der Waals surface area contributed by atoms with Crippen molar-refractivity contribution in [3.05, 3.63) is 53.0 Å². The van der Waals surface area contributed by atoms with Gasteiger partial charge in [-0.05, 0) is 44.2 Å². The molecule has 0 amide bonds. The summed E-state index contributed by atoms with van der Waals surface area (Å²) in [7, 11) is 0. The van der Waals surface area contributed by atoms with Gasteiger partial charge in [0.2, 0.25) is 0 Å². The molecule has 0 radical (unpaired) electrons. The van der Waals surface area contributed by atoms with Gasteiger partial charge in [0.25, 0.3) is 0 Å². The van der Waals surface area contributed by atoms with Crippen LogP contribution in [0.25, 0.3) is 10.9 Å². The molecule has 8 nitrogen and oxygen atoms in total. The monoisotopic (exact) mass is 511 g/mol. The lowest BCUT2D eigenvalue weighted by Gasteiger charge is -2.45. The lowest BCUT2D eigenvalue weighted by molar-refractivity contribution is -0.142. The van der Waals surface area contributed by atoms with Crippen molar-refractivity contribution in [2.75, 3.05) is 44.2 Å². The molecule has 1 aromatic carbocycles. The highest BCUT2D eigenvalue weighted by atomic mass is 19.4. The van der Waals surface area contributed by atoms with E-state index in [-0.39, 0.29) is 18.2 Å². The second-order valence-electron chi connectivity index (χ2n) is 10.1. The number of fused-ring (bicyclic) bond motifs is 2. The second kappa shape index (κ2) is 9.28. The highest BCUT2D eigenvalue weighted by Gasteiger charge is 2.42. The average Bonchev–Trinajstić information content (AvgIpc) is 3.25. The van der Waals surface area contributed by atoms with Gasteiger partial charge in [-0.15, -0.1) is 0 Å². The lowest BCUT2D eigenvalue weighted by Crippen LogP contribution is -2.56. The number of nitrogens with zero attached hydrogens (tertiary/aromatic N) is 6. The molecule has 194 valence electrons. The third-order valence-corrected chi connectivity index (χ3v) is 7.51. The molecular formula is C26H28F3N7O. The van der Waals surface area contributed by atoms with Crippen LogP contribution in [0.4, 0.5) is 18.9 Å². The van der Waals surface area contributed by atoms with Crippen LogP contribution in [0.3, 0.4) is 0 Å². The summed E-state index contributed by atoms with van der Waals surface area (Å²) in [5.74, 6) is 0. The zero-order chi connectivity index (χ0) is 25.7. The van der Waals surface area contributed by atoms with Crippen molar-refractivity contribution in [2.24, 2.45) is 0 Å². The SMILES string of the molecule is CC1CN(c2ccc(C#N)c3ncccc23)CC(CN2CC(n3nc(C(F)(F)F)c4c3CNCC4)C2)O1. The van der Waals surface area contributed by atoms with Gasteiger partial charge in [-0.3, -0.25) is 14.6 Å². The molecule has 2 atom stereocenters. The number of hydrogen-bond donors (Lipinski definition) is 1. The Morgan fingerprint density at radius 2 is 2.03 bits per heavy atom.